The average molecular weight is 287 g/mol. The quantitative estimate of drug-likeness (QED) is 0.918. The third-order valence-electron chi connectivity index (χ3n) is 4.12. The molecule has 1 aliphatic carbocycles. The molecule has 2 aromatic heterocycles. The zero-order chi connectivity index (χ0) is 14.7. The van der Waals surface area contributed by atoms with Gasteiger partial charge >= 0.3 is 0 Å². The Balaban J connectivity index is 1.71. The van der Waals surface area contributed by atoms with Crippen LogP contribution in [0.25, 0.3) is 0 Å². The van der Waals surface area contributed by atoms with Crippen molar-refractivity contribution in [3.05, 3.63) is 41.9 Å². The molecule has 0 aromatic carbocycles. The van der Waals surface area contributed by atoms with Crippen molar-refractivity contribution >= 4 is 0 Å². The molecule has 0 radical (unpaired) electrons. The molecule has 1 fully saturated rings. The van der Waals surface area contributed by atoms with E-state index in [4.69, 9.17) is 4.74 Å². The molecule has 21 heavy (non-hydrogen) atoms. The second-order valence-corrected chi connectivity index (χ2v) is 5.55. The van der Waals surface area contributed by atoms with Gasteiger partial charge in [-0.2, -0.15) is 5.10 Å². The highest BCUT2D eigenvalue weighted by molar-refractivity contribution is 5.28. The normalized spacial score (nSPS) is 17.0. The van der Waals surface area contributed by atoms with Gasteiger partial charge in [0.15, 0.2) is 0 Å². The van der Waals surface area contributed by atoms with Gasteiger partial charge in [0.2, 0.25) is 5.88 Å². The number of aliphatic hydroxyl groups excluding tert-OH is 1. The standard InChI is InChI=1S/C16H21N3O2/c1-21-16-14(7-4-9-17-16)15(20)11-12-8-10-19(18-12)13-5-2-3-6-13/h4,7-10,13,15,20H,2-3,5-6,11H2,1H3. The highest BCUT2D eigenvalue weighted by Crippen LogP contribution is 2.29. The molecule has 1 N–H and O–H groups in total. The highest BCUT2D eigenvalue weighted by atomic mass is 16.5. The lowest BCUT2D eigenvalue weighted by Gasteiger charge is -2.13. The van der Waals surface area contributed by atoms with Crippen molar-refractivity contribution < 1.29 is 9.84 Å². The van der Waals surface area contributed by atoms with Crippen molar-refractivity contribution in [2.45, 2.75) is 44.2 Å². The number of aromatic nitrogens is 3. The minimum atomic E-state index is -0.652. The zero-order valence-electron chi connectivity index (χ0n) is 12.3. The maximum Gasteiger partial charge on any atom is 0.218 e. The number of hydrogen-bond donors (Lipinski definition) is 1. The summed E-state index contributed by atoms with van der Waals surface area (Å²) in [6.07, 6.45) is 8.50. The van der Waals surface area contributed by atoms with E-state index in [9.17, 15) is 5.11 Å². The Morgan fingerprint density at radius 2 is 2.19 bits per heavy atom. The van der Waals surface area contributed by atoms with E-state index in [1.807, 2.05) is 18.3 Å². The summed E-state index contributed by atoms with van der Waals surface area (Å²) < 4.78 is 7.25. The fourth-order valence-electron chi connectivity index (χ4n) is 2.99. The van der Waals surface area contributed by atoms with Crippen LogP contribution in [-0.2, 0) is 6.42 Å². The molecule has 0 saturated heterocycles. The van der Waals surface area contributed by atoms with Gasteiger partial charge in [-0.1, -0.05) is 12.8 Å². The van der Waals surface area contributed by atoms with Crippen LogP contribution in [0.2, 0.25) is 0 Å². The molecular formula is C16H21N3O2. The number of aliphatic hydroxyl groups is 1. The summed E-state index contributed by atoms with van der Waals surface area (Å²) in [7, 11) is 1.56. The van der Waals surface area contributed by atoms with Crippen molar-refractivity contribution in [2.75, 3.05) is 7.11 Å². The highest BCUT2D eigenvalue weighted by Gasteiger charge is 2.19. The first-order valence-electron chi connectivity index (χ1n) is 7.49. The van der Waals surface area contributed by atoms with Crippen LogP contribution < -0.4 is 4.74 Å². The molecule has 5 heteroatoms. The summed E-state index contributed by atoms with van der Waals surface area (Å²) >= 11 is 0. The monoisotopic (exact) mass is 287 g/mol. The van der Waals surface area contributed by atoms with Gasteiger partial charge in [-0.05, 0) is 31.0 Å². The van der Waals surface area contributed by atoms with Crippen LogP contribution in [0.4, 0.5) is 0 Å². The first-order valence-corrected chi connectivity index (χ1v) is 7.49. The van der Waals surface area contributed by atoms with E-state index in [0.29, 0.717) is 23.9 Å². The Morgan fingerprint density at radius 3 is 2.95 bits per heavy atom. The Bertz CT molecular complexity index is 591. The fraction of sp³-hybridized carbons (Fsp3) is 0.500. The first kappa shape index (κ1) is 14.1. The van der Waals surface area contributed by atoms with Crippen LogP contribution in [0, 0.1) is 0 Å². The third-order valence-corrected chi connectivity index (χ3v) is 4.12. The van der Waals surface area contributed by atoms with Gasteiger partial charge in [-0.3, -0.25) is 4.68 Å². The van der Waals surface area contributed by atoms with Crippen LogP contribution in [0.15, 0.2) is 30.6 Å². The number of pyridine rings is 1. The number of hydrogen-bond acceptors (Lipinski definition) is 4. The van der Waals surface area contributed by atoms with E-state index in [2.05, 4.69) is 14.8 Å². The van der Waals surface area contributed by atoms with E-state index in [-0.39, 0.29) is 0 Å². The molecular weight excluding hydrogens is 266 g/mol. The lowest BCUT2D eigenvalue weighted by molar-refractivity contribution is 0.171. The molecule has 1 aliphatic rings. The summed E-state index contributed by atoms with van der Waals surface area (Å²) in [6.45, 7) is 0. The summed E-state index contributed by atoms with van der Waals surface area (Å²) in [5.41, 5.74) is 1.61. The molecule has 1 atom stereocenters. The summed E-state index contributed by atoms with van der Waals surface area (Å²) in [6, 6.07) is 6.16. The van der Waals surface area contributed by atoms with Gasteiger partial charge in [0, 0.05) is 24.4 Å². The van der Waals surface area contributed by atoms with E-state index >= 15 is 0 Å². The molecule has 0 spiro atoms. The van der Waals surface area contributed by atoms with Crippen molar-refractivity contribution in [1.29, 1.82) is 0 Å². The lowest BCUT2D eigenvalue weighted by Crippen LogP contribution is -2.08. The Hall–Kier alpha value is -1.88. The molecule has 0 bridgehead atoms. The van der Waals surface area contributed by atoms with Crippen molar-refractivity contribution in [2.24, 2.45) is 0 Å². The third kappa shape index (κ3) is 3.08. The molecule has 1 unspecified atom stereocenters. The second-order valence-electron chi connectivity index (χ2n) is 5.55. The van der Waals surface area contributed by atoms with E-state index in [1.165, 1.54) is 25.7 Å². The van der Waals surface area contributed by atoms with Crippen molar-refractivity contribution in [1.82, 2.24) is 14.8 Å². The van der Waals surface area contributed by atoms with E-state index < -0.39 is 6.10 Å². The summed E-state index contributed by atoms with van der Waals surface area (Å²) in [4.78, 5) is 4.12. The number of nitrogens with zero attached hydrogens (tertiary/aromatic N) is 3. The van der Waals surface area contributed by atoms with Crippen LogP contribution in [0.1, 0.15) is 49.1 Å². The van der Waals surface area contributed by atoms with E-state index in [1.54, 1.807) is 19.4 Å². The lowest BCUT2D eigenvalue weighted by atomic mass is 10.1. The first-order chi connectivity index (χ1) is 10.3. The van der Waals surface area contributed by atoms with Gasteiger partial charge < -0.3 is 9.84 Å². The predicted molar refractivity (Wildman–Crippen MR) is 79.2 cm³/mol. The summed E-state index contributed by atoms with van der Waals surface area (Å²) in [5, 5.41) is 15.0. The molecule has 5 nitrogen and oxygen atoms in total. The SMILES string of the molecule is COc1ncccc1C(O)Cc1ccn(C2CCCC2)n1. The van der Waals surface area contributed by atoms with Gasteiger partial charge in [-0.25, -0.2) is 4.98 Å². The Labute approximate surface area is 124 Å². The molecule has 0 aliphatic heterocycles. The number of rotatable bonds is 5. The van der Waals surface area contributed by atoms with Crippen LogP contribution >= 0.6 is 0 Å². The van der Waals surface area contributed by atoms with Gasteiger partial charge in [0.05, 0.1) is 24.9 Å². The van der Waals surface area contributed by atoms with Crippen molar-refractivity contribution in [3.8, 4) is 5.88 Å². The topological polar surface area (TPSA) is 60.2 Å². The Morgan fingerprint density at radius 1 is 1.38 bits per heavy atom. The number of methoxy groups -OCH3 is 1. The zero-order valence-corrected chi connectivity index (χ0v) is 12.3. The van der Waals surface area contributed by atoms with Crippen LogP contribution in [-0.4, -0.2) is 27.0 Å². The number of ether oxygens (including phenoxy) is 1. The fourth-order valence-corrected chi connectivity index (χ4v) is 2.99. The van der Waals surface area contributed by atoms with Crippen LogP contribution in [0.5, 0.6) is 5.88 Å². The Kier molecular flexibility index (Phi) is 4.20. The maximum atomic E-state index is 10.4. The van der Waals surface area contributed by atoms with Gasteiger partial charge in [-0.15, -0.1) is 0 Å². The maximum absolute atomic E-state index is 10.4. The molecule has 0 amide bonds. The van der Waals surface area contributed by atoms with Crippen LogP contribution in [0.3, 0.4) is 0 Å². The molecule has 2 heterocycles. The minimum absolute atomic E-state index is 0.472. The molecule has 3 rings (SSSR count). The van der Waals surface area contributed by atoms with Gasteiger partial charge in [0.1, 0.15) is 0 Å². The smallest absolute Gasteiger partial charge is 0.218 e. The summed E-state index contributed by atoms with van der Waals surface area (Å²) in [5.74, 6) is 0.472. The minimum Gasteiger partial charge on any atom is -0.481 e. The molecule has 2 aromatic rings. The van der Waals surface area contributed by atoms with Gasteiger partial charge in [0.25, 0.3) is 0 Å². The largest absolute Gasteiger partial charge is 0.481 e. The van der Waals surface area contributed by atoms with Crippen molar-refractivity contribution in [3.63, 3.8) is 0 Å². The molecule has 1 saturated carbocycles. The average Bonchev–Trinajstić information content (AvgIpc) is 3.17. The molecule has 112 valence electrons. The second kappa shape index (κ2) is 6.26. The predicted octanol–water partition coefficient (Wildman–Crippen LogP) is 2.68. The van der Waals surface area contributed by atoms with E-state index in [0.717, 1.165) is 5.69 Å².